The minimum absolute atomic E-state index is 0.204. The number of nitrogens with two attached hydrogens (primary N) is 1. The molecule has 1 atom stereocenters. The molecule has 1 heterocycles. The molecule has 1 aliphatic heterocycles. The number of hydrogen-bond donors (Lipinski definition) is 1. The van der Waals surface area contributed by atoms with Gasteiger partial charge in [-0.25, -0.2) is 0 Å². The first kappa shape index (κ1) is 10.6. The maximum atomic E-state index is 9.50. The van der Waals surface area contributed by atoms with E-state index in [9.17, 15) is 4.79 Å². The molecule has 0 aromatic rings. The first-order valence-corrected chi connectivity index (χ1v) is 3.95. The van der Waals surface area contributed by atoms with Crippen molar-refractivity contribution in [1.29, 1.82) is 0 Å². The Morgan fingerprint density at radius 1 is 1.64 bits per heavy atom. The highest BCUT2D eigenvalue weighted by molar-refractivity contribution is 5.51. The van der Waals surface area contributed by atoms with E-state index in [1.54, 1.807) is 0 Å². The molecule has 1 rings (SSSR count). The molecule has 1 unspecified atom stereocenters. The molecule has 2 N–H and O–H groups in total. The van der Waals surface area contributed by atoms with Crippen molar-refractivity contribution >= 4 is 6.29 Å². The minimum Gasteiger partial charge on any atom is -0.380 e. The highest BCUT2D eigenvalue weighted by Gasteiger charge is 2.08. The molecule has 3 nitrogen and oxygen atoms in total. The first-order chi connectivity index (χ1) is 5.16. The molecule has 1 aliphatic rings. The molecule has 66 valence electrons. The zero-order valence-corrected chi connectivity index (χ0v) is 7.25. The lowest BCUT2D eigenvalue weighted by atomic mass is 10.3. The summed E-state index contributed by atoms with van der Waals surface area (Å²) in [6, 6.07) is 0.324. The van der Waals surface area contributed by atoms with Gasteiger partial charge in [0.05, 0.1) is 6.61 Å². The fourth-order valence-corrected chi connectivity index (χ4v) is 0.553. The Labute approximate surface area is 67.9 Å². The Kier molecular flexibility index (Phi) is 6.07. The molecule has 0 bridgehead atoms. The maximum absolute atomic E-state index is 9.50. The van der Waals surface area contributed by atoms with E-state index in [0.29, 0.717) is 6.04 Å². The zero-order valence-electron chi connectivity index (χ0n) is 7.25. The van der Waals surface area contributed by atoms with Crippen LogP contribution >= 0.6 is 0 Å². The lowest BCUT2D eigenvalue weighted by Crippen LogP contribution is -2.18. The molecule has 0 radical (unpaired) electrons. The van der Waals surface area contributed by atoms with E-state index >= 15 is 0 Å². The third-order valence-corrected chi connectivity index (χ3v) is 1.24. The summed E-state index contributed by atoms with van der Waals surface area (Å²) in [6.07, 6.45) is 1.96. The van der Waals surface area contributed by atoms with Crippen LogP contribution in [0, 0.1) is 5.92 Å². The van der Waals surface area contributed by atoms with E-state index in [1.165, 1.54) is 0 Å². The van der Waals surface area contributed by atoms with Crippen LogP contribution in [0.5, 0.6) is 0 Å². The first-order valence-electron chi connectivity index (χ1n) is 3.95. The molecular formula is C8H17NO2. The van der Waals surface area contributed by atoms with Crippen LogP contribution in [-0.4, -0.2) is 25.5 Å². The maximum Gasteiger partial charge on any atom is 0.122 e. The Morgan fingerprint density at radius 2 is 2.18 bits per heavy atom. The Bertz CT molecular complexity index is 98.3. The smallest absolute Gasteiger partial charge is 0.122 e. The third-order valence-electron chi connectivity index (χ3n) is 1.24. The van der Waals surface area contributed by atoms with Gasteiger partial charge in [-0.05, 0) is 6.42 Å². The summed E-state index contributed by atoms with van der Waals surface area (Å²) in [5, 5.41) is 0. The highest BCUT2D eigenvalue weighted by atomic mass is 16.5. The largest absolute Gasteiger partial charge is 0.380 e. The fraction of sp³-hybridized carbons (Fsp3) is 0.875. The fourth-order valence-electron chi connectivity index (χ4n) is 0.553. The number of aldehydes is 1. The summed E-state index contributed by atoms with van der Waals surface area (Å²) < 4.78 is 4.93. The Morgan fingerprint density at radius 3 is 2.27 bits per heavy atom. The van der Waals surface area contributed by atoms with Gasteiger partial charge in [-0.1, -0.05) is 13.8 Å². The van der Waals surface area contributed by atoms with Gasteiger partial charge in [-0.3, -0.25) is 0 Å². The van der Waals surface area contributed by atoms with Crippen molar-refractivity contribution < 1.29 is 9.53 Å². The van der Waals surface area contributed by atoms with Gasteiger partial charge >= 0.3 is 0 Å². The molecular weight excluding hydrogens is 142 g/mol. The van der Waals surface area contributed by atoms with Gasteiger partial charge in [0.25, 0.3) is 0 Å². The minimum atomic E-state index is 0.204. The van der Waals surface area contributed by atoms with Crippen LogP contribution < -0.4 is 5.73 Å². The lowest BCUT2D eigenvalue weighted by molar-refractivity contribution is -0.110. The summed E-state index contributed by atoms with van der Waals surface area (Å²) >= 11 is 0. The van der Waals surface area contributed by atoms with Crippen molar-refractivity contribution in [2.45, 2.75) is 26.3 Å². The third kappa shape index (κ3) is 7.49. The summed E-state index contributed by atoms with van der Waals surface area (Å²) in [5.74, 6) is 0.204. The second kappa shape index (κ2) is 6.31. The van der Waals surface area contributed by atoms with Gasteiger partial charge in [-0.15, -0.1) is 0 Å². The van der Waals surface area contributed by atoms with Crippen LogP contribution in [0.4, 0.5) is 0 Å². The average Bonchev–Trinajstić information content (AvgIpc) is 2.41. The predicted octanol–water partition coefficient (Wildman–Crippen LogP) is 0.575. The molecule has 11 heavy (non-hydrogen) atoms. The van der Waals surface area contributed by atoms with Crippen LogP contribution in [0.3, 0.4) is 0 Å². The SMILES string of the molecule is CC(C)C=O.NC1CCOC1. The van der Waals surface area contributed by atoms with E-state index in [-0.39, 0.29) is 5.92 Å². The van der Waals surface area contributed by atoms with Crippen molar-refractivity contribution in [2.24, 2.45) is 11.7 Å². The van der Waals surface area contributed by atoms with Crippen LogP contribution in [0.15, 0.2) is 0 Å². The van der Waals surface area contributed by atoms with Gasteiger partial charge in [-0.2, -0.15) is 0 Å². The molecule has 0 amide bonds. The van der Waals surface area contributed by atoms with Crippen molar-refractivity contribution in [2.75, 3.05) is 13.2 Å². The topological polar surface area (TPSA) is 52.3 Å². The highest BCUT2D eigenvalue weighted by Crippen LogP contribution is 1.98. The van der Waals surface area contributed by atoms with Crippen LogP contribution in [0.1, 0.15) is 20.3 Å². The lowest BCUT2D eigenvalue weighted by Gasteiger charge is -1.90. The van der Waals surface area contributed by atoms with E-state index < -0.39 is 0 Å². The van der Waals surface area contributed by atoms with Gasteiger partial charge in [0.2, 0.25) is 0 Å². The summed E-state index contributed by atoms with van der Waals surface area (Å²) in [5.41, 5.74) is 5.41. The quantitative estimate of drug-likeness (QED) is 0.569. The summed E-state index contributed by atoms with van der Waals surface area (Å²) in [7, 11) is 0. The van der Waals surface area contributed by atoms with E-state index in [1.807, 2.05) is 13.8 Å². The molecule has 0 saturated carbocycles. The molecule has 0 aromatic carbocycles. The number of hydrogen-bond acceptors (Lipinski definition) is 3. The van der Waals surface area contributed by atoms with Crippen molar-refractivity contribution in [3.63, 3.8) is 0 Å². The Hall–Kier alpha value is -0.410. The molecule has 1 fully saturated rings. The number of ether oxygens (including phenoxy) is 1. The van der Waals surface area contributed by atoms with Crippen LogP contribution in [0.2, 0.25) is 0 Å². The Balaban J connectivity index is 0.000000187. The van der Waals surface area contributed by atoms with Crippen LogP contribution in [-0.2, 0) is 9.53 Å². The molecule has 1 saturated heterocycles. The van der Waals surface area contributed by atoms with Crippen molar-refractivity contribution in [3.8, 4) is 0 Å². The van der Waals surface area contributed by atoms with E-state index in [4.69, 9.17) is 10.5 Å². The molecule has 3 heteroatoms. The average molecular weight is 159 g/mol. The number of rotatable bonds is 1. The van der Waals surface area contributed by atoms with Gasteiger partial charge in [0, 0.05) is 18.6 Å². The number of carbonyl (C=O) groups is 1. The molecule has 0 aromatic heterocycles. The van der Waals surface area contributed by atoms with Gasteiger partial charge in [0.15, 0.2) is 0 Å². The normalized spacial score (nSPS) is 22.7. The van der Waals surface area contributed by atoms with Gasteiger partial charge < -0.3 is 15.3 Å². The summed E-state index contributed by atoms with van der Waals surface area (Å²) in [6.45, 7) is 5.33. The monoisotopic (exact) mass is 159 g/mol. The summed E-state index contributed by atoms with van der Waals surface area (Å²) in [4.78, 5) is 9.50. The standard InChI is InChI=1S/C4H9NO.C4H8O/c5-4-1-2-6-3-4;1-4(2)3-5/h4H,1-3,5H2;3-4H,1-2H3. The van der Waals surface area contributed by atoms with Crippen molar-refractivity contribution in [3.05, 3.63) is 0 Å². The van der Waals surface area contributed by atoms with Crippen molar-refractivity contribution in [1.82, 2.24) is 0 Å². The molecule has 0 spiro atoms. The van der Waals surface area contributed by atoms with Crippen LogP contribution in [0.25, 0.3) is 0 Å². The second-order valence-electron chi connectivity index (χ2n) is 3.00. The number of carbonyl (C=O) groups excluding carboxylic acids is 1. The van der Waals surface area contributed by atoms with Gasteiger partial charge in [0.1, 0.15) is 6.29 Å². The molecule has 0 aliphatic carbocycles. The zero-order chi connectivity index (χ0) is 8.69. The van der Waals surface area contributed by atoms with E-state index in [0.717, 1.165) is 25.9 Å². The second-order valence-corrected chi connectivity index (χ2v) is 3.00. The van der Waals surface area contributed by atoms with E-state index in [2.05, 4.69) is 0 Å². The predicted molar refractivity (Wildman–Crippen MR) is 44.3 cm³/mol.